The molecule has 3 fully saturated rings. The number of rotatable bonds is 4. The third kappa shape index (κ3) is 7.06. The number of carboxylic acids is 1. The van der Waals surface area contributed by atoms with Gasteiger partial charge in [-0.15, -0.1) is 0 Å². The first kappa shape index (κ1) is 25.4. The molecule has 0 aromatic heterocycles. The maximum absolute atomic E-state index is 12.5. The molecular weight excluding hydrogens is 419 g/mol. The van der Waals surface area contributed by atoms with Gasteiger partial charge in [-0.2, -0.15) is 13.2 Å². The van der Waals surface area contributed by atoms with Gasteiger partial charge in [-0.3, -0.25) is 14.5 Å². The van der Waals surface area contributed by atoms with E-state index in [1.165, 1.54) is 12.8 Å². The van der Waals surface area contributed by atoms with Crippen LogP contribution in [0, 0.1) is 5.92 Å². The van der Waals surface area contributed by atoms with Crippen molar-refractivity contribution in [2.75, 3.05) is 33.3 Å². The van der Waals surface area contributed by atoms with Crippen molar-refractivity contribution >= 4 is 17.8 Å². The van der Waals surface area contributed by atoms with Crippen molar-refractivity contribution in [2.24, 2.45) is 5.92 Å². The van der Waals surface area contributed by atoms with Crippen LogP contribution >= 0.6 is 0 Å². The van der Waals surface area contributed by atoms with E-state index in [4.69, 9.17) is 14.6 Å². The fourth-order valence-electron chi connectivity index (χ4n) is 4.13. The highest BCUT2D eigenvalue weighted by atomic mass is 19.4. The number of amides is 2. The molecule has 3 rings (SSSR count). The van der Waals surface area contributed by atoms with Crippen LogP contribution in [0.15, 0.2) is 0 Å². The summed E-state index contributed by atoms with van der Waals surface area (Å²) in [5, 5.41) is 10.3. The van der Waals surface area contributed by atoms with E-state index in [0.29, 0.717) is 44.6 Å². The molecular formula is C20H32F3N3O5. The molecule has 178 valence electrons. The Morgan fingerprint density at radius 1 is 1.16 bits per heavy atom. The molecule has 11 heteroatoms. The average molecular weight is 451 g/mol. The first-order valence-electron chi connectivity index (χ1n) is 10.6. The first-order chi connectivity index (χ1) is 14.3. The number of likely N-dealkylation sites (tertiary alicyclic amines) is 1. The normalized spacial score (nSPS) is 23.8. The fraction of sp³-hybridized carbons (Fsp3) is 0.850. The van der Waals surface area contributed by atoms with Crippen LogP contribution in [0.3, 0.4) is 0 Å². The highest BCUT2D eigenvalue weighted by Gasteiger charge is 2.51. The van der Waals surface area contributed by atoms with E-state index < -0.39 is 12.1 Å². The van der Waals surface area contributed by atoms with Gasteiger partial charge in [0.25, 0.3) is 0 Å². The van der Waals surface area contributed by atoms with Crippen molar-refractivity contribution in [1.82, 2.24) is 15.1 Å². The molecule has 2 heterocycles. The van der Waals surface area contributed by atoms with E-state index in [9.17, 15) is 22.8 Å². The summed E-state index contributed by atoms with van der Waals surface area (Å²) in [6.07, 6.45) is 0.134. The van der Waals surface area contributed by atoms with Crippen LogP contribution < -0.4 is 5.32 Å². The highest BCUT2D eigenvalue weighted by Crippen LogP contribution is 2.31. The number of morpholine rings is 1. The number of hydrogen-bond donors (Lipinski definition) is 2. The molecule has 0 aromatic carbocycles. The van der Waals surface area contributed by atoms with Gasteiger partial charge in [-0.1, -0.05) is 26.7 Å². The van der Waals surface area contributed by atoms with Crippen LogP contribution in [0.2, 0.25) is 0 Å². The van der Waals surface area contributed by atoms with Crippen LogP contribution in [-0.4, -0.2) is 89.8 Å². The zero-order valence-electron chi connectivity index (χ0n) is 18.2. The number of nitrogens with zero attached hydrogens (tertiary/aromatic N) is 2. The minimum Gasteiger partial charge on any atom is -0.475 e. The summed E-state index contributed by atoms with van der Waals surface area (Å²) in [7, 11) is 1.99. The van der Waals surface area contributed by atoms with Gasteiger partial charge < -0.3 is 20.1 Å². The Morgan fingerprint density at radius 2 is 1.71 bits per heavy atom. The van der Waals surface area contributed by atoms with E-state index in [1.54, 1.807) is 0 Å². The SMILES string of the molecule is CC(C)CC(=O)N1CC2(C1)CN(C)C(C(=O)NC1CCCC1)CO2.O=C(O)C(F)(F)F. The van der Waals surface area contributed by atoms with Gasteiger partial charge >= 0.3 is 12.1 Å². The number of ether oxygens (including phenoxy) is 1. The lowest BCUT2D eigenvalue weighted by molar-refractivity contribution is -0.201. The lowest BCUT2D eigenvalue weighted by atomic mass is 9.89. The predicted octanol–water partition coefficient (Wildman–Crippen LogP) is 1.64. The summed E-state index contributed by atoms with van der Waals surface area (Å²) in [5.74, 6) is -2.07. The number of carbonyl (C=O) groups excluding carboxylic acids is 2. The molecule has 0 bridgehead atoms. The van der Waals surface area contributed by atoms with Crippen LogP contribution in [-0.2, 0) is 19.1 Å². The molecule has 2 aliphatic heterocycles. The van der Waals surface area contributed by atoms with Gasteiger partial charge in [0, 0.05) is 19.0 Å². The topological polar surface area (TPSA) is 99.2 Å². The zero-order valence-corrected chi connectivity index (χ0v) is 18.2. The number of nitrogens with one attached hydrogen (secondary N) is 1. The van der Waals surface area contributed by atoms with Gasteiger partial charge in [-0.25, -0.2) is 4.79 Å². The molecule has 1 saturated carbocycles. The molecule has 31 heavy (non-hydrogen) atoms. The predicted molar refractivity (Wildman–Crippen MR) is 105 cm³/mol. The van der Waals surface area contributed by atoms with E-state index in [0.717, 1.165) is 12.8 Å². The Labute approximate surface area is 180 Å². The lowest BCUT2D eigenvalue weighted by Gasteiger charge is -2.55. The first-order valence-corrected chi connectivity index (χ1v) is 10.6. The minimum absolute atomic E-state index is 0.0892. The van der Waals surface area contributed by atoms with Crippen molar-refractivity contribution in [3.05, 3.63) is 0 Å². The van der Waals surface area contributed by atoms with E-state index in [1.807, 2.05) is 11.9 Å². The van der Waals surface area contributed by atoms with Gasteiger partial charge in [0.2, 0.25) is 11.8 Å². The quantitative estimate of drug-likeness (QED) is 0.674. The molecule has 1 spiro atoms. The summed E-state index contributed by atoms with van der Waals surface area (Å²) in [6.45, 7) is 6.56. The van der Waals surface area contributed by atoms with Crippen LogP contribution in [0.4, 0.5) is 13.2 Å². The average Bonchev–Trinajstić information content (AvgIpc) is 3.11. The Hall–Kier alpha value is -1.88. The Morgan fingerprint density at radius 3 is 2.16 bits per heavy atom. The van der Waals surface area contributed by atoms with E-state index in [-0.39, 0.29) is 23.5 Å². The summed E-state index contributed by atoms with van der Waals surface area (Å²) >= 11 is 0. The fourth-order valence-corrected chi connectivity index (χ4v) is 4.13. The largest absolute Gasteiger partial charge is 0.490 e. The summed E-state index contributed by atoms with van der Waals surface area (Å²) in [5.41, 5.74) is -0.272. The maximum Gasteiger partial charge on any atom is 0.490 e. The molecule has 0 radical (unpaired) electrons. The van der Waals surface area contributed by atoms with Crippen LogP contribution in [0.1, 0.15) is 46.0 Å². The number of aliphatic carboxylic acids is 1. The smallest absolute Gasteiger partial charge is 0.475 e. The second kappa shape index (κ2) is 10.2. The number of likely N-dealkylation sites (N-methyl/N-ethyl adjacent to an activating group) is 1. The number of hydrogen-bond acceptors (Lipinski definition) is 5. The Kier molecular flexibility index (Phi) is 8.32. The van der Waals surface area contributed by atoms with E-state index >= 15 is 0 Å². The summed E-state index contributed by atoms with van der Waals surface area (Å²) in [4.78, 5) is 37.5. The molecule has 2 N–H and O–H groups in total. The molecule has 1 aliphatic carbocycles. The Balaban J connectivity index is 0.000000423. The molecule has 8 nitrogen and oxygen atoms in total. The van der Waals surface area contributed by atoms with Gasteiger partial charge in [0.05, 0.1) is 19.7 Å². The minimum atomic E-state index is -5.08. The second-order valence-electron chi connectivity index (χ2n) is 9.07. The number of halogens is 3. The van der Waals surface area contributed by atoms with Crippen molar-refractivity contribution in [1.29, 1.82) is 0 Å². The third-order valence-electron chi connectivity index (χ3n) is 5.76. The lowest BCUT2D eigenvalue weighted by Crippen LogP contribution is -2.73. The zero-order chi connectivity index (χ0) is 23.4. The number of carbonyl (C=O) groups is 3. The monoisotopic (exact) mass is 451 g/mol. The molecule has 2 amide bonds. The molecule has 1 unspecified atom stereocenters. The number of alkyl halides is 3. The molecule has 3 aliphatic rings. The molecule has 2 saturated heterocycles. The van der Waals surface area contributed by atoms with E-state index in [2.05, 4.69) is 24.1 Å². The number of carboxylic acid groups (broad SMARTS) is 1. The maximum atomic E-state index is 12.5. The van der Waals surface area contributed by atoms with Crippen LogP contribution in [0.25, 0.3) is 0 Å². The van der Waals surface area contributed by atoms with Crippen molar-refractivity contribution in [2.45, 2.75) is 69.8 Å². The molecule has 0 aromatic rings. The Bertz CT molecular complexity index is 659. The standard InChI is InChI=1S/C18H31N3O3.C2HF3O2/c1-13(2)8-16(22)21-11-18(12-21)10-20(3)15(9-24-18)17(23)19-14-6-4-5-7-14;3-2(4,5)1(6)7/h13-15H,4-12H2,1-3H3,(H,19,23);(H,6,7). The summed E-state index contributed by atoms with van der Waals surface area (Å²) < 4.78 is 37.8. The summed E-state index contributed by atoms with van der Waals surface area (Å²) in [6, 6.07) is 0.131. The van der Waals surface area contributed by atoms with Crippen molar-refractivity contribution < 1.29 is 37.4 Å². The van der Waals surface area contributed by atoms with Crippen LogP contribution in [0.5, 0.6) is 0 Å². The second-order valence-corrected chi connectivity index (χ2v) is 9.07. The van der Waals surface area contributed by atoms with Crippen molar-refractivity contribution in [3.8, 4) is 0 Å². The molecule has 1 atom stereocenters. The van der Waals surface area contributed by atoms with Crippen molar-refractivity contribution in [3.63, 3.8) is 0 Å². The van der Waals surface area contributed by atoms with Gasteiger partial charge in [-0.05, 0) is 25.8 Å². The third-order valence-corrected chi connectivity index (χ3v) is 5.76. The highest BCUT2D eigenvalue weighted by molar-refractivity contribution is 5.82. The van der Waals surface area contributed by atoms with Gasteiger partial charge in [0.15, 0.2) is 0 Å². The van der Waals surface area contributed by atoms with Gasteiger partial charge in [0.1, 0.15) is 11.6 Å².